The number of ether oxygens (including phenoxy) is 1. The smallest absolute Gasteiger partial charge is 0.408 e. The molecule has 0 fully saturated rings. The molecule has 2 amide bonds. The van der Waals surface area contributed by atoms with Crippen LogP contribution in [0.4, 0.5) is 10.5 Å². The molecule has 0 unspecified atom stereocenters. The molecule has 1 atom stereocenters. The lowest BCUT2D eigenvalue weighted by Crippen LogP contribution is -2.44. The molecule has 0 spiro atoms. The highest BCUT2D eigenvalue weighted by Crippen LogP contribution is 2.08. The average molecular weight is 383 g/mol. The summed E-state index contributed by atoms with van der Waals surface area (Å²) >= 11 is 0. The highest BCUT2D eigenvalue weighted by Gasteiger charge is 2.21. The van der Waals surface area contributed by atoms with Crippen LogP contribution in [-0.2, 0) is 16.1 Å². The number of para-hydroxylation sites is 1. The molecule has 6 N–H and O–H groups in total. The van der Waals surface area contributed by atoms with Gasteiger partial charge in [0.15, 0.2) is 5.96 Å². The summed E-state index contributed by atoms with van der Waals surface area (Å²) < 4.78 is 5.21. The second-order valence-corrected chi connectivity index (χ2v) is 6.06. The first kappa shape index (κ1) is 20.8. The molecule has 0 bridgehead atoms. The molecule has 28 heavy (non-hydrogen) atoms. The average Bonchev–Trinajstić information content (AvgIpc) is 2.70. The van der Waals surface area contributed by atoms with Gasteiger partial charge in [-0.15, -0.1) is 0 Å². The second-order valence-electron chi connectivity index (χ2n) is 6.06. The number of carbonyl (C=O) groups excluding carboxylic acids is 2. The fraction of sp³-hybridized carbons (Fsp3) is 0.250. The third-order valence-electron chi connectivity index (χ3n) is 3.81. The Morgan fingerprint density at radius 2 is 1.64 bits per heavy atom. The van der Waals surface area contributed by atoms with Crippen LogP contribution < -0.4 is 22.1 Å². The van der Waals surface area contributed by atoms with E-state index >= 15 is 0 Å². The predicted octanol–water partition coefficient (Wildman–Crippen LogP) is 1.97. The molecule has 0 aliphatic carbocycles. The van der Waals surface area contributed by atoms with E-state index in [1.807, 2.05) is 48.5 Å². The Morgan fingerprint density at radius 3 is 2.29 bits per heavy atom. The van der Waals surface area contributed by atoms with Crippen molar-refractivity contribution in [2.45, 2.75) is 25.5 Å². The molecule has 0 aliphatic rings. The zero-order valence-electron chi connectivity index (χ0n) is 15.5. The van der Waals surface area contributed by atoms with Crippen molar-refractivity contribution in [1.29, 1.82) is 0 Å². The zero-order chi connectivity index (χ0) is 20.2. The van der Waals surface area contributed by atoms with E-state index in [9.17, 15) is 9.59 Å². The number of amides is 2. The van der Waals surface area contributed by atoms with Gasteiger partial charge in [0, 0.05) is 12.2 Å². The second kappa shape index (κ2) is 11.2. The Kier molecular flexibility index (Phi) is 8.32. The van der Waals surface area contributed by atoms with Crippen LogP contribution >= 0.6 is 0 Å². The van der Waals surface area contributed by atoms with Gasteiger partial charge < -0.3 is 26.8 Å². The maximum Gasteiger partial charge on any atom is 0.408 e. The first-order valence-electron chi connectivity index (χ1n) is 8.93. The first-order valence-corrected chi connectivity index (χ1v) is 8.93. The zero-order valence-corrected chi connectivity index (χ0v) is 15.5. The van der Waals surface area contributed by atoms with Crippen molar-refractivity contribution in [3.63, 3.8) is 0 Å². The highest BCUT2D eigenvalue weighted by molar-refractivity contribution is 5.96. The van der Waals surface area contributed by atoms with Crippen molar-refractivity contribution in [1.82, 2.24) is 5.32 Å². The molecule has 0 aromatic heterocycles. The predicted molar refractivity (Wildman–Crippen MR) is 109 cm³/mol. The molecule has 0 aliphatic heterocycles. The minimum absolute atomic E-state index is 0.0134. The molecule has 2 aromatic rings. The first-order chi connectivity index (χ1) is 13.5. The van der Waals surface area contributed by atoms with Gasteiger partial charge in [0.05, 0.1) is 0 Å². The van der Waals surface area contributed by atoms with E-state index < -0.39 is 12.1 Å². The largest absolute Gasteiger partial charge is 0.445 e. The lowest BCUT2D eigenvalue weighted by atomic mass is 10.1. The maximum atomic E-state index is 12.6. The van der Waals surface area contributed by atoms with Crippen LogP contribution in [0.5, 0.6) is 0 Å². The Balaban J connectivity index is 1.92. The third kappa shape index (κ3) is 7.77. The van der Waals surface area contributed by atoms with Crippen molar-refractivity contribution in [3.05, 3.63) is 66.2 Å². The molecule has 8 heteroatoms. The molecule has 0 saturated heterocycles. The number of hydrogen-bond acceptors (Lipinski definition) is 4. The molecule has 0 saturated carbocycles. The summed E-state index contributed by atoms with van der Waals surface area (Å²) in [5, 5.41) is 5.39. The van der Waals surface area contributed by atoms with E-state index in [0.29, 0.717) is 25.1 Å². The number of aliphatic imine (C=N–C) groups is 1. The lowest BCUT2D eigenvalue weighted by Gasteiger charge is -2.18. The monoisotopic (exact) mass is 383 g/mol. The van der Waals surface area contributed by atoms with Crippen LogP contribution in [0, 0.1) is 0 Å². The summed E-state index contributed by atoms with van der Waals surface area (Å²) in [6, 6.07) is 17.5. The highest BCUT2D eigenvalue weighted by atomic mass is 16.5. The van der Waals surface area contributed by atoms with Crippen molar-refractivity contribution in [2.24, 2.45) is 16.5 Å². The van der Waals surface area contributed by atoms with E-state index in [4.69, 9.17) is 16.2 Å². The standard InChI is InChI=1S/C20H25N5O3/c21-19(22)23-13-7-12-17(18(26)24-16-10-5-2-6-11-16)25-20(27)28-14-15-8-3-1-4-9-15/h1-6,8-11,17H,7,12-14H2,(H,24,26)(H,25,27)(H4,21,22,23)/t17-/m0/s1. The number of rotatable bonds is 9. The van der Waals surface area contributed by atoms with E-state index in [1.54, 1.807) is 12.1 Å². The molecule has 148 valence electrons. The summed E-state index contributed by atoms with van der Waals surface area (Å²) in [6.45, 7) is 0.478. The van der Waals surface area contributed by atoms with Crippen LogP contribution in [0.25, 0.3) is 0 Å². The number of nitrogens with two attached hydrogens (primary N) is 2. The number of alkyl carbamates (subject to hydrolysis) is 1. The summed E-state index contributed by atoms with van der Waals surface area (Å²) in [5.41, 5.74) is 12.1. The van der Waals surface area contributed by atoms with Crippen LogP contribution in [0.2, 0.25) is 0 Å². The molecule has 2 aromatic carbocycles. The number of benzene rings is 2. The van der Waals surface area contributed by atoms with Crippen LogP contribution in [0.3, 0.4) is 0 Å². The van der Waals surface area contributed by atoms with Gasteiger partial charge in [0.2, 0.25) is 5.91 Å². The minimum Gasteiger partial charge on any atom is -0.445 e. The van der Waals surface area contributed by atoms with E-state index in [1.165, 1.54) is 0 Å². The topological polar surface area (TPSA) is 132 Å². The maximum absolute atomic E-state index is 12.6. The Morgan fingerprint density at radius 1 is 1.00 bits per heavy atom. The van der Waals surface area contributed by atoms with Crippen molar-refractivity contribution in [2.75, 3.05) is 11.9 Å². The number of nitrogens with one attached hydrogen (secondary N) is 2. The summed E-state index contributed by atoms with van der Waals surface area (Å²) in [5.74, 6) is -0.354. The number of hydrogen-bond donors (Lipinski definition) is 4. The van der Waals surface area contributed by atoms with Crippen molar-refractivity contribution in [3.8, 4) is 0 Å². The molecular weight excluding hydrogens is 358 g/mol. The summed E-state index contributed by atoms with van der Waals surface area (Å²) in [4.78, 5) is 28.6. The number of carbonyl (C=O) groups is 2. The Hall–Kier alpha value is -3.55. The Labute approximate surface area is 164 Å². The summed E-state index contributed by atoms with van der Waals surface area (Å²) in [7, 11) is 0. The van der Waals surface area contributed by atoms with E-state index in [-0.39, 0.29) is 18.5 Å². The van der Waals surface area contributed by atoms with Crippen molar-refractivity contribution >= 4 is 23.6 Å². The van der Waals surface area contributed by atoms with E-state index in [2.05, 4.69) is 15.6 Å². The molecular formula is C20H25N5O3. The van der Waals surface area contributed by atoms with Gasteiger partial charge in [-0.3, -0.25) is 9.79 Å². The Bertz CT molecular complexity index is 777. The van der Waals surface area contributed by atoms with Gasteiger partial charge in [0.25, 0.3) is 0 Å². The van der Waals surface area contributed by atoms with Gasteiger partial charge in [-0.1, -0.05) is 48.5 Å². The number of guanidine groups is 1. The molecule has 2 rings (SSSR count). The SMILES string of the molecule is NC(N)=NCCC[C@H](NC(=O)OCc1ccccc1)C(=O)Nc1ccccc1. The number of nitrogens with zero attached hydrogens (tertiary/aromatic N) is 1. The van der Waals surface area contributed by atoms with Crippen molar-refractivity contribution < 1.29 is 14.3 Å². The van der Waals surface area contributed by atoms with Crippen LogP contribution in [0.1, 0.15) is 18.4 Å². The molecule has 8 nitrogen and oxygen atoms in total. The quantitative estimate of drug-likeness (QED) is 0.299. The molecule has 0 radical (unpaired) electrons. The van der Waals surface area contributed by atoms with Gasteiger partial charge in [-0.2, -0.15) is 0 Å². The lowest BCUT2D eigenvalue weighted by molar-refractivity contribution is -0.118. The van der Waals surface area contributed by atoms with Crippen LogP contribution in [-0.4, -0.2) is 30.5 Å². The third-order valence-corrected chi connectivity index (χ3v) is 3.81. The van der Waals surface area contributed by atoms with Gasteiger partial charge >= 0.3 is 6.09 Å². The van der Waals surface area contributed by atoms with Gasteiger partial charge in [-0.05, 0) is 30.5 Å². The van der Waals surface area contributed by atoms with Crippen LogP contribution in [0.15, 0.2) is 65.7 Å². The van der Waals surface area contributed by atoms with E-state index in [0.717, 1.165) is 5.56 Å². The van der Waals surface area contributed by atoms with Gasteiger partial charge in [-0.25, -0.2) is 4.79 Å². The summed E-state index contributed by atoms with van der Waals surface area (Å²) in [6.07, 6.45) is 0.207. The normalized spacial score (nSPS) is 11.1. The fourth-order valence-corrected chi connectivity index (χ4v) is 2.43. The molecule has 0 heterocycles. The minimum atomic E-state index is -0.780. The van der Waals surface area contributed by atoms with Gasteiger partial charge in [0.1, 0.15) is 12.6 Å². The number of anilines is 1. The fourth-order valence-electron chi connectivity index (χ4n) is 2.43.